The Balaban J connectivity index is 1.50. The molecular weight excluding hydrogens is 354 g/mol. The van der Waals surface area contributed by atoms with Gasteiger partial charge in [0.05, 0.1) is 6.20 Å². The van der Waals surface area contributed by atoms with Crippen molar-refractivity contribution in [1.29, 1.82) is 0 Å². The first-order valence-electron chi connectivity index (χ1n) is 9.24. The summed E-state index contributed by atoms with van der Waals surface area (Å²) in [5.74, 6) is -0.0146. The number of nitrogens with zero attached hydrogens (tertiary/aromatic N) is 4. The van der Waals surface area contributed by atoms with E-state index in [9.17, 15) is 9.59 Å². The second-order valence-corrected chi connectivity index (χ2v) is 6.75. The third-order valence-electron chi connectivity index (χ3n) is 4.86. The number of hydrogen-bond donors (Lipinski definition) is 1. The lowest BCUT2D eigenvalue weighted by atomic mass is 10.2. The molecule has 0 saturated heterocycles. The Bertz CT molecular complexity index is 1190. The van der Waals surface area contributed by atoms with Crippen molar-refractivity contribution in [3.63, 3.8) is 0 Å². The van der Waals surface area contributed by atoms with Gasteiger partial charge in [-0.2, -0.15) is 5.10 Å². The molecule has 0 saturated carbocycles. The molecule has 3 heterocycles. The Hall–Kier alpha value is -3.48. The summed E-state index contributed by atoms with van der Waals surface area (Å²) in [6, 6.07) is 11.7. The molecule has 4 rings (SSSR count). The van der Waals surface area contributed by atoms with Gasteiger partial charge in [-0.15, -0.1) is 0 Å². The molecule has 0 fully saturated rings. The lowest BCUT2D eigenvalue weighted by Crippen LogP contribution is -2.23. The van der Waals surface area contributed by atoms with Crippen LogP contribution >= 0.6 is 0 Å². The van der Waals surface area contributed by atoms with Crippen molar-refractivity contribution in [1.82, 2.24) is 24.6 Å². The molecule has 0 aliphatic carbocycles. The smallest absolute Gasteiger partial charge is 0.291 e. The van der Waals surface area contributed by atoms with Gasteiger partial charge in [-0.1, -0.05) is 24.3 Å². The Morgan fingerprint density at radius 1 is 1.11 bits per heavy atom. The first kappa shape index (κ1) is 17.9. The van der Waals surface area contributed by atoms with E-state index in [0.717, 1.165) is 21.9 Å². The highest BCUT2D eigenvalue weighted by atomic mass is 16.1. The van der Waals surface area contributed by atoms with E-state index in [0.29, 0.717) is 31.4 Å². The zero-order valence-electron chi connectivity index (χ0n) is 15.6. The summed E-state index contributed by atoms with van der Waals surface area (Å²) >= 11 is 0. The number of aromatic nitrogens is 4. The fourth-order valence-electron chi connectivity index (χ4n) is 3.46. The summed E-state index contributed by atoms with van der Waals surface area (Å²) in [6.45, 7) is 1.05. The van der Waals surface area contributed by atoms with Gasteiger partial charge in [-0.05, 0) is 24.1 Å². The highest BCUT2D eigenvalue weighted by Gasteiger charge is 2.14. The number of amides is 1. The third kappa shape index (κ3) is 3.38. The van der Waals surface area contributed by atoms with Crippen molar-refractivity contribution in [2.75, 3.05) is 0 Å². The lowest BCUT2D eigenvalue weighted by molar-refractivity contribution is -0.121. The second-order valence-electron chi connectivity index (χ2n) is 6.75. The molecule has 7 nitrogen and oxygen atoms in total. The van der Waals surface area contributed by atoms with Crippen LogP contribution in [0.25, 0.3) is 21.8 Å². The summed E-state index contributed by atoms with van der Waals surface area (Å²) in [5, 5.41) is 8.91. The Morgan fingerprint density at radius 2 is 1.96 bits per heavy atom. The predicted molar refractivity (Wildman–Crippen MR) is 108 cm³/mol. The molecule has 1 amide bonds. The Morgan fingerprint density at radius 3 is 2.79 bits per heavy atom. The molecular formula is C21H21N5O2. The van der Waals surface area contributed by atoms with E-state index < -0.39 is 0 Å². The van der Waals surface area contributed by atoms with Crippen LogP contribution in [-0.4, -0.2) is 25.2 Å². The number of pyridine rings is 1. The fourth-order valence-corrected chi connectivity index (χ4v) is 3.46. The molecule has 0 spiro atoms. The van der Waals surface area contributed by atoms with E-state index in [1.807, 2.05) is 41.0 Å². The topological polar surface area (TPSA) is 81.8 Å². The van der Waals surface area contributed by atoms with E-state index >= 15 is 0 Å². The molecule has 1 N–H and O–H groups in total. The minimum atomic E-state index is -0.130. The summed E-state index contributed by atoms with van der Waals surface area (Å²) in [7, 11) is 1.65. The number of aryl methyl sites for hydroxylation is 2. The average molecular weight is 375 g/mol. The number of carbonyl (C=O) groups excluding carboxylic acids is 1. The standard InChI is InChI=1S/C21H21N5O2/c1-25-21(28)20-17(14-24-25)16-7-2-3-8-18(16)26(20)11-5-9-19(27)23-13-15-6-4-10-22-12-15/h2-4,6-8,10,12,14H,5,9,11,13H2,1H3,(H,23,27). The second kappa shape index (κ2) is 7.64. The summed E-state index contributed by atoms with van der Waals surface area (Å²) in [5.41, 5.74) is 2.46. The SMILES string of the molecule is Cn1ncc2c3ccccc3n(CCCC(=O)NCc3cccnc3)c2c1=O. The Labute approximate surface area is 161 Å². The van der Waals surface area contributed by atoms with Crippen LogP contribution in [0.2, 0.25) is 0 Å². The Kier molecular flexibility index (Phi) is 4.89. The summed E-state index contributed by atoms with van der Waals surface area (Å²) in [4.78, 5) is 28.9. The maximum atomic E-state index is 12.7. The molecule has 4 aromatic rings. The summed E-state index contributed by atoms with van der Waals surface area (Å²) in [6.07, 6.45) is 6.20. The highest BCUT2D eigenvalue weighted by molar-refractivity contribution is 6.07. The van der Waals surface area contributed by atoms with Crippen LogP contribution in [0.3, 0.4) is 0 Å². The van der Waals surface area contributed by atoms with Crippen LogP contribution in [0.4, 0.5) is 0 Å². The largest absolute Gasteiger partial charge is 0.352 e. The van der Waals surface area contributed by atoms with E-state index in [4.69, 9.17) is 0 Å². The number of fused-ring (bicyclic) bond motifs is 3. The van der Waals surface area contributed by atoms with Crippen LogP contribution < -0.4 is 10.9 Å². The van der Waals surface area contributed by atoms with Crippen molar-refractivity contribution >= 4 is 27.7 Å². The van der Waals surface area contributed by atoms with Crippen molar-refractivity contribution < 1.29 is 4.79 Å². The maximum Gasteiger partial charge on any atom is 0.291 e. The molecule has 28 heavy (non-hydrogen) atoms. The molecule has 142 valence electrons. The van der Waals surface area contributed by atoms with Gasteiger partial charge in [0.25, 0.3) is 5.56 Å². The normalized spacial score (nSPS) is 11.2. The van der Waals surface area contributed by atoms with E-state index in [-0.39, 0.29) is 11.5 Å². The van der Waals surface area contributed by atoms with Crippen molar-refractivity contribution in [3.8, 4) is 0 Å². The van der Waals surface area contributed by atoms with Gasteiger partial charge >= 0.3 is 0 Å². The molecule has 3 aromatic heterocycles. The van der Waals surface area contributed by atoms with Crippen LogP contribution in [0.5, 0.6) is 0 Å². The molecule has 0 unspecified atom stereocenters. The van der Waals surface area contributed by atoms with Crippen LogP contribution in [0.15, 0.2) is 59.8 Å². The van der Waals surface area contributed by atoms with E-state index in [1.165, 1.54) is 4.68 Å². The van der Waals surface area contributed by atoms with E-state index in [1.54, 1.807) is 25.6 Å². The molecule has 0 radical (unpaired) electrons. The zero-order chi connectivity index (χ0) is 19.5. The van der Waals surface area contributed by atoms with Gasteiger partial charge in [-0.25, -0.2) is 4.68 Å². The van der Waals surface area contributed by atoms with Crippen LogP contribution in [0.1, 0.15) is 18.4 Å². The molecule has 7 heteroatoms. The number of benzene rings is 1. The highest BCUT2D eigenvalue weighted by Crippen LogP contribution is 2.26. The quantitative estimate of drug-likeness (QED) is 0.561. The van der Waals surface area contributed by atoms with Gasteiger partial charge in [0.2, 0.25) is 5.91 Å². The molecule has 0 bridgehead atoms. The summed E-state index contributed by atoms with van der Waals surface area (Å²) < 4.78 is 3.35. The number of nitrogens with one attached hydrogen (secondary N) is 1. The molecule has 1 aromatic carbocycles. The van der Waals surface area contributed by atoms with E-state index in [2.05, 4.69) is 15.4 Å². The first-order chi connectivity index (χ1) is 13.6. The van der Waals surface area contributed by atoms with Gasteiger partial charge in [0.15, 0.2) is 0 Å². The third-order valence-corrected chi connectivity index (χ3v) is 4.86. The molecule has 0 atom stereocenters. The van der Waals surface area contributed by atoms with Crippen LogP contribution in [0, 0.1) is 0 Å². The molecule has 0 aliphatic heterocycles. The first-order valence-corrected chi connectivity index (χ1v) is 9.24. The average Bonchev–Trinajstić information content (AvgIpc) is 3.04. The zero-order valence-corrected chi connectivity index (χ0v) is 15.6. The fraction of sp³-hybridized carbons (Fsp3) is 0.238. The minimum absolute atomic E-state index is 0.0146. The number of rotatable bonds is 6. The molecule has 0 aliphatic rings. The lowest BCUT2D eigenvalue weighted by Gasteiger charge is -2.08. The van der Waals surface area contributed by atoms with Gasteiger partial charge in [0.1, 0.15) is 5.52 Å². The number of hydrogen-bond acceptors (Lipinski definition) is 4. The van der Waals surface area contributed by atoms with Gasteiger partial charge in [-0.3, -0.25) is 14.6 Å². The number of carbonyl (C=O) groups is 1. The number of para-hydroxylation sites is 1. The monoisotopic (exact) mass is 375 g/mol. The maximum absolute atomic E-state index is 12.7. The van der Waals surface area contributed by atoms with Gasteiger partial charge < -0.3 is 9.88 Å². The van der Waals surface area contributed by atoms with Crippen molar-refractivity contribution in [3.05, 3.63) is 70.9 Å². The van der Waals surface area contributed by atoms with Gasteiger partial charge in [0, 0.05) is 55.2 Å². The predicted octanol–water partition coefficient (Wildman–Crippen LogP) is 2.38. The van der Waals surface area contributed by atoms with Crippen molar-refractivity contribution in [2.45, 2.75) is 25.9 Å². The van der Waals surface area contributed by atoms with Crippen LogP contribution in [-0.2, 0) is 24.9 Å². The minimum Gasteiger partial charge on any atom is -0.352 e. The van der Waals surface area contributed by atoms with Crippen molar-refractivity contribution in [2.24, 2.45) is 7.05 Å².